The summed E-state index contributed by atoms with van der Waals surface area (Å²) < 4.78 is 7.35. The number of carbonyl (C=O) groups excluding carboxylic acids is 2. The molecule has 0 radical (unpaired) electrons. The molecule has 0 aromatic heterocycles. The van der Waals surface area contributed by atoms with Crippen LogP contribution in [0.4, 0.5) is 5.69 Å². The molecule has 3 aliphatic heterocycles. The first-order chi connectivity index (χ1) is 20.0. The van der Waals surface area contributed by atoms with Gasteiger partial charge < -0.3 is 30.1 Å². The molecular weight excluding hydrogens is 582 g/mol. The third-order valence-corrected chi connectivity index (χ3v) is 9.53. The highest BCUT2D eigenvalue weighted by Crippen LogP contribution is 2.39. The lowest BCUT2D eigenvalue weighted by atomic mass is 9.83. The van der Waals surface area contributed by atoms with Crippen molar-refractivity contribution in [2.45, 2.75) is 50.5 Å². The molecule has 6 rings (SSSR count). The summed E-state index contributed by atoms with van der Waals surface area (Å²) in [4.78, 5) is 33.2. The first-order valence-electron chi connectivity index (χ1n) is 15.4. The van der Waals surface area contributed by atoms with Gasteiger partial charge in [-0.15, -0.1) is 0 Å². The van der Waals surface area contributed by atoms with Gasteiger partial charge in [0.2, 0.25) is 0 Å². The van der Waals surface area contributed by atoms with Crippen LogP contribution in [0.3, 0.4) is 0 Å². The Morgan fingerprint density at radius 1 is 0.756 bits per heavy atom. The fourth-order valence-electron chi connectivity index (χ4n) is 6.71. The Kier molecular flexibility index (Phi) is 9.13. The Balaban J connectivity index is 1.12. The van der Waals surface area contributed by atoms with Gasteiger partial charge in [0.1, 0.15) is 11.9 Å². The van der Waals surface area contributed by atoms with Gasteiger partial charge in [0.15, 0.2) is 0 Å². The molecule has 2 aromatic carbocycles. The zero-order chi connectivity index (χ0) is 28.2. The van der Waals surface area contributed by atoms with Crippen molar-refractivity contribution in [2.75, 3.05) is 70.3 Å². The molecule has 9 heteroatoms. The van der Waals surface area contributed by atoms with Crippen LogP contribution in [-0.2, 0) is 0 Å². The average Bonchev–Trinajstić information content (AvgIpc) is 3.54. The van der Waals surface area contributed by atoms with Crippen molar-refractivity contribution in [3.05, 3.63) is 57.6 Å². The number of piperazine rings is 2. The minimum atomic E-state index is 0.0253. The van der Waals surface area contributed by atoms with Crippen LogP contribution in [0.5, 0.6) is 5.75 Å². The quantitative estimate of drug-likeness (QED) is 0.501. The Hall–Kier alpha value is -2.62. The van der Waals surface area contributed by atoms with E-state index < -0.39 is 0 Å². The molecule has 4 fully saturated rings. The van der Waals surface area contributed by atoms with E-state index in [1.807, 2.05) is 34.1 Å². The van der Waals surface area contributed by atoms with Gasteiger partial charge in [0.25, 0.3) is 11.8 Å². The largest absolute Gasteiger partial charge is 0.489 e. The summed E-state index contributed by atoms with van der Waals surface area (Å²) in [5.74, 6) is 1.47. The number of halogens is 1. The third-order valence-electron chi connectivity index (χ3n) is 9.08. The summed E-state index contributed by atoms with van der Waals surface area (Å²) in [6, 6.07) is 12.1. The van der Waals surface area contributed by atoms with Crippen molar-refractivity contribution in [3.63, 3.8) is 0 Å². The second kappa shape index (κ2) is 13.1. The average molecular weight is 625 g/mol. The van der Waals surface area contributed by atoms with Crippen LogP contribution in [0.1, 0.15) is 70.7 Å². The number of amides is 2. The lowest BCUT2D eigenvalue weighted by Crippen LogP contribution is -2.50. The molecular formula is C32H42BrN5O3. The van der Waals surface area contributed by atoms with Crippen LogP contribution < -0.4 is 20.3 Å². The first kappa shape index (κ1) is 28.5. The van der Waals surface area contributed by atoms with Gasteiger partial charge in [0, 0.05) is 80.2 Å². The second-order valence-electron chi connectivity index (χ2n) is 11.8. The van der Waals surface area contributed by atoms with E-state index in [4.69, 9.17) is 4.74 Å². The fraction of sp³-hybridized carbons (Fsp3) is 0.562. The molecule has 2 aromatic rings. The van der Waals surface area contributed by atoms with Crippen molar-refractivity contribution in [2.24, 2.45) is 0 Å². The van der Waals surface area contributed by atoms with E-state index in [9.17, 15) is 9.59 Å². The van der Waals surface area contributed by atoms with Crippen molar-refractivity contribution < 1.29 is 14.3 Å². The van der Waals surface area contributed by atoms with E-state index in [0.717, 1.165) is 80.0 Å². The van der Waals surface area contributed by atoms with Gasteiger partial charge in [-0.3, -0.25) is 9.59 Å². The maximum absolute atomic E-state index is 13.7. The molecule has 2 amide bonds. The van der Waals surface area contributed by atoms with Crippen LogP contribution in [0, 0.1) is 0 Å². The maximum Gasteiger partial charge on any atom is 0.254 e. The van der Waals surface area contributed by atoms with Gasteiger partial charge in [-0.2, -0.15) is 0 Å². The lowest BCUT2D eigenvalue weighted by Gasteiger charge is -2.35. The van der Waals surface area contributed by atoms with Gasteiger partial charge in [0.05, 0.1) is 0 Å². The molecule has 1 saturated carbocycles. The fourth-order valence-corrected chi connectivity index (χ4v) is 7.19. The van der Waals surface area contributed by atoms with Gasteiger partial charge in [-0.25, -0.2) is 0 Å². The second-order valence-corrected chi connectivity index (χ2v) is 12.8. The van der Waals surface area contributed by atoms with Crippen LogP contribution in [0.15, 0.2) is 40.9 Å². The van der Waals surface area contributed by atoms with E-state index >= 15 is 0 Å². The SMILES string of the molecule is O=C(c1cc(Br)cc(N2CCNCC2)c1)N1CCN(C(=O)c2ccc(OC3CCNC3)c(C3CCCCC3)c2)CC1. The number of benzene rings is 2. The molecule has 220 valence electrons. The molecule has 8 nitrogen and oxygen atoms in total. The molecule has 1 atom stereocenters. The molecule has 0 spiro atoms. The Bertz CT molecular complexity index is 1230. The molecule has 1 aliphatic carbocycles. The highest BCUT2D eigenvalue weighted by molar-refractivity contribution is 9.10. The van der Waals surface area contributed by atoms with E-state index in [1.165, 1.54) is 24.8 Å². The summed E-state index contributed by atoms with van der Waals surface area (Å²) in [6.07, 6.45) is 7.29. The summed E-state index contributed by atoms with van der Waals surface area (Å²) in [5.41, 5.74) is 3.70. The minimum Gasteiger partial charge on any atom is -0.489 e. The predicted octanol–water partition coefficient (Wildman–Crippen LogP) is 4.25. The van der Waals surface area contributed by atoms with E-state index in [-0.39, 0.29) is 17.9 Å². The Labute approximate surface area is 251 Å². The standard InChI is InChI=1S/C32H42BrN5O3/c33-26-18-25(19-27(21-26)36-12-10-34-11-13-36)32(40)38-16-14-37(15-17-38)31(39)24-6-7-30(41-28-8-9-35-22-28)29(20-24)23-4-2-1-3-5-23/h6-7,18-21,23,28,34-35H,1-5,8-17,22H2. The number of ether oxygens (including phenoxy) is 1. The van der Waals surface area contributed by atoms with E-state index in [1.54, 1.807) is 0 Å². The summed E-state index contributed by atoms with van der Waals surface area (Å²) >= 11 is 3.61. The highest BCUT2D eigenvalue weighted by Gasteiger charge is 2.29. The number of hydrogen-bond acceptors (Lipinski definition) is 6. The number of carbonyl (C=O) groups is 2. The van der Waals surface area contributed by atoms with E-state index in [0.29, 0.717) is 37.7 Å². The van der Waals surface area contributed by atoms with Gasteiger partial charge in [-0.05, 0) is 73.7 Å². The van der Waals surface area contributed by atoms with Crippen molar-refractivity contribution in [1.82, 2.24) is 20.4 Å². The molecule has 1 unspecified atom stereocenters. The van der Waals surface area contributed by atoms with Crippen LogP contribution in [0.25, 0.3) is 0 Å². The predicted molar refractivity (Wildman–Crippen MR) is 165 cm³/mol. The Morgan fingerprint density at radius 3 is 2.15 bits per heavy atom. The number of nitrogens with one attached hydrogen (secondary N) is 2. The molecule has 3 heterocycles. The van der Waals surface area contributed by atoms with Crippen LogP contribution >= 0.6 is 15.9 Å². The normalized spacial score (nSPS) is 22.2. The number of rotatable bonds is 6. The van der Waals surface area contributed by atoms with Gasteiger partial charge >= 0.3 is 0 Å². The third kappa shape index (κ3) is 6.73. The van der Waals surface area contributed by atoms with Crippen molar-refractivity contribution in [1.29, 1.82) is 0 Å². The molecule has 2 N–H and O–H groups in total. The number of anilines is 1. The maximum atomic E-state index is 13.7. The van der Waals surface area contributed by atoms with E-state index in [2.05, 4.69) is 43.6 Å². The summed E-state index contributed by atoms with van der Waals surface area (Å²) in [5, 5.41) is 6.77. The lowest BCUT2D eigenvalue weighted by molar-refractivity contribution is 0.0535. The highest BCUT2D eigenvalue weighted by atomic mass is 79.9. The Morgan fingerprint density at radius 2 is 1.46 bits per heavy atom. The smallest absolute Gasteiger partial charge is 0.254 e. The molecule has 4 aliphatic rings. The number of nitrogens with zero attached hydrogens (tertiary/aromatic N) is 3. The molecule has 41 heavy (non-hydrogen) atoms. The van der Waals surface area contributed by atoms with Crippen LogP contribution in [0.2, 0.25) is 0 Å². The zero-order valence-corrected chi connectivity index (χ0v) is 25.5. The summed E-state index contributed by atoms with van der Waals surface area (Å²) in [7, 11) is 0. The van der Waals surface area contributed by atoms with Gasteiger partial charge in [-0.1, -0.05) is 35.2 Å². The van der Waals surface area contributed by atoms with Crippen molar-refractivity contribution >= 4 is 33.4 Å². The van der Waals surface area contributed by atoms with Crippen molar-refractivity contribution in [3.8, 4) is 5.75 Å². The minimum absolute atomic E-state index is 0.0253. The zero-order valence-electron chi connectivity index (χ0n) is 23.9. The summed E-state index contributed by atoms with van der Waals surface area (Å²) in [6.45, 7) is 7.76. The first-order valence-corrected chi connectivity index (χ1v) is 16.2. The topological polar surface area (TPSA) is 77.2 Å². The van der Waals surface area contributed by atoms with Crippen LogP contribution in [-0.4, -0.2) is 93.2 Å². The monoisotopic (exact) mass is 623 g/mol. The molecule has 0 bridgehead atoms. The number of hydrogen-bond donors (Lipinski definition) is 2. The molecule has 3 saturated heterocycles.